The maximum Gasteiger partial charge on any atom is 0.126 e. The van der Waals surface area contributed by atoms with E-state index in [9.17, 15) is 5.11 Å². The molecule has 4 heteroatoms. The van der Waals surface area contributed by atoms with Crippen molar-refractivity contribution < 1.29 is 5.11 Å². The molecule has 90 valence electrons. The number of nitrogens with one attached hydrogen (secondary N) is 1. The van der Waals surface area contributed by atoms with Crippen molar-refractivity contribution in [2.45, 2.75) is 20.0 Å². The Hall–Kier alpha value is -1.32. The van der Waals surface area contributed by atoms with E-state index >= 15 is 0 Å². The summed E-state index contributed by atoms with van der Waals surface area (Å²) >= 11 is 6.07. The van der Waals surface area contributed by atoms with Gasteiger partial charge in [-0.2, -0.15) is 0 Å². The van der Waals surface area contributed by atoms with Crippen molar-refractivity contribution in [2.24, 2.45) is 0 Å². The molecule has 0 bridgehead atoms. The first kappa shape index (κ1) is 12.1. The third-order valence-corrected chi connectivity index (χ3v) is 3.04. The minimum Gasteiger partial charge on any atom is -0.392 e. The van der Waals surface area contributed by atoms with Crippen molar-refractivity contribution in [3.8, 4) is 0 Å². The quantitative estimate of drug-likeness (QED) is 0.880. The Kier molecular flexibility index (Phi) is 3.50. The molecule has 17 heavy (non-hydrogen) atoms. The predicted molar refractivity (Wildman–Crippen MR) is 71.7 cm³/mol. The average Bonchev–Trinajstić information content (AvgIpc) is 2.31. The van der Waals surface area contributed by atoms with Crippen LogP contribution in [-0.4, -0.2) is 22.7 Å². The molecule has 0 spiro atoms. The number of halogens is 1. The van der Waals surface area contributed by atoms with Gasteiger partial charge in [0, 0.05) is 17.0 Å². The molecule has 0 unspecified atom stereocenters. The molecule has 2 aromatic rings. The van der Waals surface area contributed by atoms with Gasteiger partial charge >= 0.3 is 0 Å². The zero-order valence-corrected chi connectivity index (χ0v) is 10.6. The van der Waals surface area contributed by atoms with Crippen LogP contribution in [0.1, 0.15) is 12.5 Å². The second kappa shape index (κ2) is 4.90. The Labute approximate surface area is 105 Å². The van der Waals surface area contributed by atoms with Gasteiger partial charge in [-0.05, 0) is 37.6 Å². The topological polar surface area (TPSA) is 45.1 Å². The fourth-order valence-electron chi connectivity index (χ4n) is 1.66. The summed E-state index contributed by atoms with van der Waals surface area (Å²) < 4.78 is 0. The van der Waals surface area contributed by atoms with E-state index in [0.717, 1.165) is 27.3 Å². The minimum atomic E-state index is -0.395. The highest BCUT2D eigenvalue weighted by Gasteiger charge is 2.04. The van der Waals surface area contributed by atoms with Crippen LogP contribution in [0.2, 0.25) is 5.02 Å². The molecular formula is C13H15ClN2O. The van der Waals surface area contributed by atoms with Crippen molar-refractivity contribution in [1.82, 2.24) is 4.98 Å². The molecule has 1 aromatic carbocycles. The Bertz CT molecular complexity index is 540. The normalized spacial score (nSPS) is 12.7. The van der Waals surface area contributed by atoms with Crippen LogP contribution in [0.15, 0.2) is 24.3 Å². The molecule has 0 radical (unpaired) electrons. The molecule has 0 saturated carbocycles. The van der Waals surface area contributed by atoms with Crippen molar-refractivity contribution in [2.75, 3.05) is 11.9 Å². The van der Waals surface area contributed by atoms with E-state index in [1.54, 1.807) is 6.92 Å². The molecule has 0 amide bonds. The zero-order valence-electron chi connectivity index (χ0n) is 9.87. The molecule has 0 aliphatic heterocycles. The van der Waals surface area contributed by atoms with Gasteiger partial charge in [0.15, 0.2) is 0 Å². The molecule has 0 fully saturated rings. The number of hydrogen-bond acceptors (Lipinski definition) is 3. The zero-order chi connectivity index (χ0) is 12.4. The van der Waals surface area contributed by atoms with E-state index in [1.165, 1.54) is 0 Å². The molecule has 1 aromatic heterocycles. The van der Waals surface area contributed by atoms with Crippen LogP contribution in [0.3, 0.4) is 0 Å². The Morgan fingerprint density at radius 1 is 1.35 bits per heavy atom. The number of rotatable bonds is 3. The summed E-state index contributed by atoms with van der Waals surface area (Å²) in [5, 5.41) is 14.1. The molecule has 0 aliphatic carbocycles. The number of aliphatic hydroxyl groups is 1. The van der Waals surface area contributed by atoms with Gasteiger partial charge < -0.3 is 10.4 Å². The van der Waals surface area contributed by atoms with Crippen LogP contribution >= 0.6 is 11.6 Å². The summed E-state index contributed by atoms with van der Waals surface area (Å²) in [4.78, 5) is 4.50. The van der Waals surface area contributed by atoms with Gasteiger partial charge in [-0.3, -0.25) is 0 Å². The smallest absolute Gasteiger partial charge is 0.126 e. The van der Waals surface area contributed by atoms with Crippen molar-refractivity contribution in [3.63, 3.8) is 0 Å². The molecule has 2 rings (SSSR count). The first-order chi connectivity index (χ1) is 8.08. The second-order valence-corrected chi connectivity index (χ2v) is 4.58. The van der Waals surface area contributed by atoms with Crippen molar-refractivity contribution in [1.29, 1.82) is 0 Å². The summed E-state index contributed by atoms with van der Waals surface area (Å²) in [5.74, 6) is 0.753. The van der Waals surface area contributed by atoms with Gasteiger partial charge in [-0.25, -0.2) is 4.98 Å². The third-order valence-electron chi connectivity index (χ3n) is 2.63. The van der Waals surface area contributed by atoms with Crippen LogP contribution in [0.4, 0.5) is 5.82 Å². The lowest BCUT2D eigenvalue weighted by Crippen LogP contribution is -2.15. The molecule has 1 atom stereocenters. The van der Waals surface area contributed by atoms with Gasteiger partial charge in [0.1, 0.15) is 5.82 Å². The largest absolute Gasteiger partial charge is 0.392 e. The number of benzene rings is 1. The SMILES string of the molecule is Cc1c(Cl)ccc2ccc(NC[C@@H](C)O)nc12. The van der Waals surface area contributed by atoms with Gasteiger partial charge in [0.25, 0.3) is 0 Å². The summed E-state index contributed by atoms with van der Waals surface area (Å²) in [7, 11) is 0. The minimum absolute atomic E-state index is 0.395. The van der Waals surface area contributed by atoms with Gasteiger partial charge in [-0.1, -0.05) is 17.7 Å². The second-order valence-electron chi connectivity index (χ2n) is 4.17. The number of aryl methyl sites for hydroxylation is 1. The first-order valence-corrected chi connectivity index (χ1v) is 5.93. The maximum absolute atomic E-state index is 9.21. The number of hydrogen-bond donors (Lipinski definition) is 2. The number of pyridine rings is 1. The lowest BCUT2D eigenvalue weighted by Gasteiger charge is -2.09. The van der Waals surface area contributed by atoms with Crippen LogP contribution in [0, 0.1) is 6.92 Å². The molecule has 2 N–H and O–H groups in total. The Balaban J connectivity index is 2.38. The lowest BCUT2D eigenvalue weighted by atomic mass is 10.1. The Morgan fingerprint density at radius 2 is 2.06 bits per heavy atom. The van der Waals surface area contributed by atoms with Crippen molar-refractivity contribution in [3.05, 3.63) is 34.9 Å². The third kappa shape index (κ3) is 2.68. The summed E-state index contributed by atoms with van der Waals surface area (Å²) in [5.41, 5.74) is 1.87. The van der Waals surface area contributed by atoms with Gasteiger partial charge in [0.2, 0.25) is 0 Å². The molecule has 1 heterocycles. The standard InChI is InChI=1S/C13H15ClN2O/c1-8(17)7-15-12-6-4-10-3-5-11(14)9(2)13(10)16-12/h3-6,8,17H,7H2,1-2H3,(H,15,16)/t8-/m1/s1. The fraction of sp³-hybridized carbons (Fsp3) is 0.308. The van der Waals surface area contributed by atoms with Crippen LogP contribution in [0.25, 0.3) is 10.9 Å². The van der Waals surface area contributed by atoms with Crippen LogP contribution in [-0.2, 0) is 0 Å². The van der Waals surface area contributed by atoms with E-state index in [2.05, 4.69) is 10.3 Å². The highest BCUT2D eigenvalue weighted by atomic mass is 35.5. The van der Waals surface area contributed by atoms with E-state index in [4.69, 9.17) is 11.6 Å². The number of aliphatic hydroxyl groups excluding tert-OH is 1. The Morgan fingerprint density at radius 3 is 2.76 bits per heavy atom. The van der Waals surface area contributed by atoms with Gasteiger partial charge in [0.05, 0.1) is 11.6 Å². The monoisotopic (exact) mass is 250 g/mol. The number of fused-ring (bicyclic) bond motifs is 1. The lowest BCUT2D eigenvalue weighted by molar-refractivity contribution is 0.208. The highest BCUT2D eigenvalue weighted by molar-refractivity contribution is 6.32. The molecular weight excluding hydrogens is 236 g/mol. The number of anilines is 1. The number of aromatic nitrogens is 1. The van der Waals surface area contributed by atoms with E-state index in [-0.39, 0.29) is 0 Å². The summed E-state index contributed by atoms with van der Waals surface area (Å²) in [6, 6.07) is 7.73. The summed E-state index contributed by atoms with van der Waals surface area (Å²) in [6.45, 7) is 4.17. The van der Waals surface area contributed by atoms with E-state index in [1.807, 2.05) is 31.2 Å². The first-order valence-electron chi connectivity index (χ1n) is 5.55. The molecule has 3 nitrogen and oxygen atoms in total. The maximum atomic E-state index is 9.21. The van der Waals surface area contributed by atoms with E-state index in [0.29, 0.717) is 6.54 Å². The molecule has 0 aliphatic rings. The van der Waals surface area contributed by atoms with Crippen molar-refractivity contribution >= 4 is 28.3 Å². The van der Waals surface area contributed by atoms with Gasteiger partial charge in [-0.15, -0.1) is 0 Å². The fourth-order valence-corrected chi connectivity index (χ4v) is 1.81. The molecule has 0 saturated heterocycles. The van der Waals surface area contributed by atoms with Crippen LogP contribution in [0.5, 0.6) is 0 Å². The highest BCUT2D eigenvalue weighted by Crippen LogP contribution is 2.24. The number of nitrogens with zero attached hydrogens (tertiary/aromatic N) is 1. The average molecular weight is 251 g/mol. The predicted octanol–water partition coefficient (Wildman–Crippen LogP) is 2.99. The van der Waals surface area contributed by atoms with Crippen LogP contribution < -0.4 is 5.32 Å². The van der Waals surface area contributed by atoms with E-state index < -0.39 is 6.10 Å². The summed E-state index contributed by atoms with van der Waals surface area (Å²) in [6.07, 6.45) is -0.395.